The summed E-state index contributed by atoms with van der Waals surface area (Å²) in [6.07, 6.45) is 2.10. The van der Waals surface area contributed by atoms with Crippen molar-refractivity contribution in [3.05, 3.63) is 65.0 Å². The van der Waals surface area contributed by atoms with Gasteiger partial charge in [-0.25, -0.2) is 8.78 Å². The van der Waals surface area contributed by atoms with Crippen molar-refractivity contribution in [2.75, 3.05) is 0 Å². The molecule has 1 aromatic heterocycles. The van der Waals surface area contributed by atoms with Crippen LogP contribution in [-0.2, 0) is 6.42 Å². The lowest BCUT2D eigenvalue weighted by atomic mass is 9.99. The average molecular weight is 249 g/mol. The summed E-state index contributed by atoms with van der Waals surface area (Å²) >= 11 is 0. The Balaban J connectivity index is 2.29. The summed E-state index contributed by atoms with van der Waals surface area (Å²) in [6.45, 7) is 1.54. The Labute approximate surface area is 104 Å². The second-order valence-corrected chi connectivity index (χ2v) is 4.17. The van der Waals surface area contributed by atoms with Gasteiger partial charge in [0.25, 0.3) is 0 Å². The minimum atomic E-state index is -1.20. The van der Waals surface area contributed by atoms with Crippen LogP contribution in [-0.4, -0.2) is 10.1 Å². The van der Waals surface area contributed by atoms with Crippen LogP contribution in [0.4, 0.5) is 8.78 Å². The van der Waals surface area contributed by atoms with Gasteiger partial charge in [0.2, 0.25) is 0 Å². The fraction of sp³-hybridized carbons (Fsp3) is 0.214. The van der Waals surface area contributed by atoms with Crippen LogP contribution in [0.3, 0.4) is 0 Å². The molecule has 2 rings (SSSR count). The van der Waals surface area contributed by atoms with Crippen molar-refractivity contribution >= 4 is 0 Å². The molecule has 0 amide bonds. The normalized spacial score (nSPS) is 12.4. The molecule has 94 valence electrons. The number of hydrogen-bond acceptors (Lipinski definition) is 2. The average Bonchev–Trinajstić information content (AvgIpc) is 2.36. The van der Waals surface area contributed by atoms with E-state index in [1.807, 2.05) is 0 Å². The van der Waals surface area contributed by atoms with Crippen molar-refractivity contribution < 1.29 is 13.9 Å². The molecule has 2 nitrogen and oxygen atoms in total. The summed E-state index contributed by atoms with van der Waals surface area (Å²) in [6, 6.07) is 5.93. The highest BCUT2D eigenvalue weighted by Crippen LogP contribution is 2.25. The van der Waals surface area contributed by atoms with E-state index in [-0.39, 0.29) is 12.0 Å². The predicted molar refractivity (Wildman–Crippen MR) is 64.0 cm³/mol. The van der Waals surface area contributed by atoms with Crippen molar-refractivity contribution in [1.29, 1.82) is 0 Å². The maximum absolute atomic E-state index is 13.8. The van der Waals surface area contributed by atoms with E-state index in [4.69, 9.17) is 0 Å². The van der Waals surface area contributed by atoms with E-state index in [0.29, 0.717) is 5.56 Å². The molecule has 1 aromatic carbocycles. The first-order valence-electron chi connectivity index (χ1n) is 5.61. The maximum Gasteiger partial charge on any atom is 0.134 e. The summed E-state index contributed by atoms with van der Waals surface area (Å²) in [7, 11) is 0. The number of benzene rings is 1. The van der Waals surface area contributed by atoms with Gasteiger partial charge in [0.1, 0.15) is 11.6 Å². The molecule has 4 heteroatoms. The number of aliphatic hydroxyl groups excluding tert-OH is 1. The third-order valence-corrected chi connectivity index (χ3v) is 2.83. The standard InChI is InChI=1S/C14H13F2NO/c1-9-2-3-11(15)13(14(9)16)12(18)8-10-4-6-17-7-5-10/h2-7,12,18H,8H2,1H3. The molecule has 18 heavy (non-hydrogen) atoms. The minimum Gasteiger partial charge on any atom is -0.388 e. The predicted octanol–water partition coefficient (Wildman–Crippen LogP) is 2.94. The molecule has 1 atom stereocenters. The van der Waals surface area contributed by atoms with E-state index in [2.05, 4.69) is 4.98 Å². The number of pyridine rings is 1. The number of aromatic nitrogens is 1. The Bertz CT molecular complexity index is 543. The largest absolute Gasteiger partial charge is 0.388 e. The molecular weight excluding hydrogens is 236 g/mol. The van der Waals surface area contributed by atoms with Crippen LogP contribution in [0.15, 0.2) is 36.7 Å². The van der Waals surface area contributed by atoms with Crippen LogP contribution in [0.1, 0.15) is 22.8 Å². The highest BCUT2D eigenvalue weighted by molar-refractivity contribution is 5.29. The van der Waals surface area contributed by atoms with Gasteiger partial charge >= 0.3 is 0 Å². The van der Waals surface area contributed by atoms with Gasteiger partial charge in [0.05, 0.1) is 11.7 Å². The third kappa shape index (κ3) is 2.54. The number of halogens is 2. The number of hydrogen-bond donors (Lipinski definition) is 1. The van der Waals surface area contributed by atoms with E-state index < -0.39 is 17.7 Å². The highest BCUT2D eigenvalue weighted by Gasteiger charge is 2.19. The Morgan fingerprint density at radius 1 is 1.17 bits per heavy atom. The van der Waals surface area contributed by atoms with E-state index in [9.17, 15) is 13.9 Å². The smallest absolute Gasteiger partial charge is 0.134 e. The van der Waals surface area contributed by atoms with Crippen molar-refractivity contribution in [2.45, 2.75) is 19.4 Å². The molecule has 0 spiro atoms. The van der Waals surface area contributed by atoms with Crippen LogP contribution < -0.4 is 0 Å². The summed E-state index contributed by atoms with van der Waals surface area (Å²) < 4.78 is 27.4. The molecular formula is C14H13F2NO. The molecule has 0 aliphatic rings. The number of aryl methyl sites for hydroxylation is 1. The van der Waals surface area contributed by atoms with Crippen molar-refractivity contribution in [1.82, 2.24) is 4.98 Å². The van der Waals surface area contributed by atoms with Crippen LogP contribution >= 0.6 is 0 Å². The second-order valence-electron chi connectivity index (χ2n) is 4.17. The molecule has 1 N–H and O–H groups in total. The van der Waals surface area contributed by atoms with Gasteiger partial charge in [-0.1, -0.05) is 6.07 Å². The van der Waals surface area contributed by atoms with Gasteiger partial charge in [0, 0.05) is 18.8 Å². The van der Waals surface area contributed by atoms with Crippen molar-refractivity contribution in [3.8, 4) is 0 Å². The maximum atomic E-state index is 13.8. The fourth-order valence-corrected chi connectivity index (χ4v) is 1.83. The van der Waals surface area contributed by atoms with Gasteiger partial charge in [-0.3, -0.25) is 4.98 Å². The first-order valence-corrected chi connectivity index (χ1v) is 5.61. The zero-order valence-corrected chi connectivity index (χ0v) is 9.90. The summed E-state index contributed by atoms with van der Waals surface area (Å²) in [5, 5.41) is 9.96. The van der Waals surface area contributed by atoms with Gasteiger partial charge in [-0.15, -0.1) is 0 Å². The van der Waals surface area contributed by atoms with Gasteiger partial charge in [-0.05, 0) is 36.2 Å². The SMILES string of the molecule is Cc1ccc(F)c(C(O)Cc2ccncc2)c1F. The molecule has 0 saturated carbocycles. The lowest BCUT2D eigenvalue weighted by Gasteiger charge is -2.14. The molecule has 0 fully saturated rings. The molecule has 0 aliphatic heterocycles. The Hall–Kier alpha value is -1.81. The van der Waals surface area contributed by atoms with Crippen molar-refractivity contribution in [3.63, 3.8) is 0 Å². The third-order valence-electron chi connectivity index (χ3n) is 2.83. The molecule has 1 heterocycles. The Morgan fingerprint density at radius 3 is 2.50 bits per heavy atom. The molecule has 0 bridgehead atoms. The van der Waals surface area contributed by atoms with E-state index in [1.165, 1.54) is 19.1 Å². The van der Waals surface area contributed by atoms with Crippen LogP contribution in [0.25, 0.3) is 0 Å². The van der Waals surface area contributed by atoms with Crippen LogP contribution in [0.2, 0.25) is 0 Å². The molecule has 0 aliphatic carbocycles. The quantitative estimate of drug-likeness (QED) is 0.907. The molecule has 0 saturated heterocycles. The van der Waals surface area contributed by atoms with Gasteiger partial charge in [-0.2, -0.15) is 0 Å². The highest BCUT2D eigenvalue weighted by atomic mass is 19.1. The van der Waals surface area contributed by atoms with E-state index in [1.54, 1.807) is 24.5 Å². The monoisotopic (exact) mass is 249 g/mol. The molecule has 2 aromatic rings. The van der Waals surface area contributed by atoms with Crippen molar-refractivity contribution in [2.24, 2.45) is 0 Å². The minimum absolute atomic E-state index is 0.153. The van der Waals surface area contributed by atoms with E-state index >= 15 is 0 Å². The first-order chi connectivity index (χ1) is 8.59. The number of rotatable bonds is 3. The number of nitrogens with zero attached hydrogens (tertiary/aromatic N) is 1. The molecule has 1 unspecified atom stereocenters. The zero-order chi connectivity index (χ0) is 13.1. The van der Waals surface area contributed by atoms with Gasteiger partial charge < -0.3 is 5.11 Å². The van der Waals surface area contributed by atoms with Gasteiger partial charge in [0.15, 0.2) is 0 Å². The second kappa shape index (κ2) is 5.23. The summed E-state index contributed by atoms with van der Waals surface area (Å²) in [5.74, 6) is -1.41. The first kappa shape index (κ1) is 12.6. The lowest BCUT2D eigenvalue weighted by Crippen LogP contribution is -2.08. The summed E-state index contributed by atoms with van der Waals surface area (Å²) in [5.41, 5.74) is 0.824. The summed E-state index contributed by atoms with van der Waals surface area (Å²) in [4.78, 5) is 3.84. The van der Waals surface area contributed by atoms with E-state index in [0.717, 1.165) is 5.56 Å². The lowest BCUT2D eigenvalue weighted by molar-refractivity contribution is 0.168. The van der Waals surface area contributed by atoms with Crippen LogP contribution in [0, 0.1) is 18.6 Å². The number of aliphatic hydroxyl groups is 1. The zero-order valence-electron chi connectivity index (χ0n) is 9.90. The van der Waals surface area contributed by atoms with Crippen LogP contribution in [0.5, 0.6) is 0 Å². The Kier molecular flexibility index (Phi) is 3.67. The topological polar surface area (TPSA) is 33.1 Å². The Morgan fingerprint density at radius 2 is 1.83 bits per heavy atom. The molecule has 0 radical (unpaired) electrons. The fourth-order valence-electron chi connectivity index (χ4n) is 1.83.